The summed E-state index contributed by atoms with van der Waals surface area (Å²) in [5.41, 5.74) is 4.94. The largest absolute Gasteiger partial charge is 0.312 e. The van der Waals surface area contributed by atoms with Crippen LogP contribution in [0.3, 0.4) is 0 Å². The third kappa shape index (κ3) is 3.24. The lowest BCUT2D eigenvalue weighted by atomic mass is 9.99. The molecular formula is C24H22N4O2. The molecule has 0 atom stereocenters. The maximum absolute atomic E-state index is 12.6. The minimum atomic E-state index is 0.115. The number of amides is 2. The molecule has 2 saturated heterocycles. The number of carbonyl (C=O) groups excluding carboxylic acids is 2. The average molecular weight is 398 g/mol. The van der Waals surface area contributed by atoms with Gasteiger partial charge in [-0.2, -0.15) is 0 Å². The smallest absolute Gasteiger partial charge is 0.227 e. The van der Waals surface area contributed by atoms with Gasteiger partial charge in [0.25, 0.3) is 0 Å². The second-order valence-corrected chi connectivity index (χ2v) is 7.61. The Morgan fingerprint density at radius 1 is 0.667 bits per heavy atom. The highest BCUT2D eigenvalue weighted by atomic mass is 16.2. The van der Waals surface area contributed by atoms with E-state index in [9.17, 15) is 9.59 Å². The van der Waals surface area contributed by atoms with E-state index in [0.717, 1.165) is 46.7 Å². The van der Waals surface area contributed by atoms with Gasteiger partial charge in [0.15, 0.2) is 0 Å². The van der Waals surface area contributed by atoms with Crippen molar-refractivity contribution in [3.8, 4) is 22.5 Å². The van der Waals surface area contributed by atoms with E-state index in [2.05, 4.69) is 9.97 Å². The Morgan fingerprint density at radius 2 is 1.13 bits per heavy atom. The second kappa shape index (κ2) is 7.71. The fraction of sp³-hybridized carbons (Fsp3) is 0.250. The number of carbonyl (C=O) groups is 2. The number of hydrogen-bond acceptors (Lipinski definition) is 4. The molecule has 5 rings (SSSR count). The van der Waals surface area contributed by atoms with Gasteiger partial charge in [-0.15, -0.1) is 0 Å². The predicted molar refractivity (Wildman–Crippen MR) is 116 cm³/mol. The van der Waals surface area contributed by atoms with Gasteiger partial charge < -0.3 is 9.80 Å². The van der Waals surface area contributed by atoms with E-state index in [-0.39, 0.29) is 11.8 Å². The third-order valence-electron chi connectivity index (χ3n) is 5.72. The summed E-state index contributed by atoms with van der Waals surface area (Å²) in [6.45, 7) is 1.37. The van der Waals surface area contributed by atoms with Crippen LogP contribution in [0.1, 0.15) is 25.7 Å². The molecule has 2 fully saturated rings. The van der Waals surface area contributed by atoms with Crippen molar-refractivity contribution in [1.29, 1.82) is 0 Å². The Kier molecular flexibility index (Phi) is 4.75. The average Bonchev–Trinajstić information content (AvgIpc) is 3.42. The van der Waals surface area contributed by atoms with Gasteiger partial charge in [-0.05, 0) is 49.2 Å². The van der Waals surface area contributed by atoms with Gasteiger partial charge in [0.1, 0.15) is 0 Å². The van der Waals surface area contributed by atoms with Crippen LogP contribution >= 0.6 is 0 Å². The number of nitrogens with zero attached hydrogens (tertiary/aromatic N) is 4. The minimum Gasteiger partial charge on any atom is -0.312 e. The first kappa shape index (κ1) is 18.5. The number of benzene rings is 1. The molecular weight excluding hydrogens is 376 g/mol. The molecule has 0 unspecified atom stereocenters. The van der Waals surface area contributed by atoms with Gasteiger partial charge in [-0.25, -0.2) is 0 Å². The summed E-state index contributed by atoms with van der Waals surface area (Å²) in [4.78, 5) is 38.0. The van der Waals surface area contributed by atoms with Crippen LogP contribution in [-0.4, -0.2) is 34.9 Å². The highest BCUT2D eigenvalue weighted by Crippen LogP contribution is 2.42. The van der Waals surface area contributed by atoms with Crippen molar-refractivity contribution in [3.05, 3.63) is 60.9 Å². The van der Waals surface area contributed by atoms with E-state index >= 15 is 0 Å². The molecule has 1 aromatic carbocycles. The molecule has 0 radical (unpaired) electrons. The van der Waals surface area contributed by atoms with Crippen LogP contribution < -0.4 is 9.80 Å². The van der Waals surface area contributed by atoms with E-state index in [0.29, 0.717) is 25.9 Å². The van der Waals surface area contributed by atoms with Gasteiger partial charge in [-0.1, -0.05) is 12.1 Å². The van der Waals surface area contributed by atoms with Crippen LogP contribution in [0.5, 0.6) is 0 Å². The zero-order chi connectivity index (χ0) is 20.5. The first-order chi connectivity index (χ1) is 14.7. The SMILES string of the molecule is O=C1CCCN1c1cc(-c2ccccn2)c(N2CCCC2=O)cc1-c1ccccn1. The first-order valence-electron chi connectivity index (χ1n) is 10.3. The summed E-state index contributed by atoms with van der Waals surface area (Å²) < 4.78 is 0. The molecule has 6 heteroatoms. The van der Waals surface area contributed by atoms with Gasteiger partial charge in [0.2, 0.25) is 11.8 Å². The van der Waals surface area contributed by atoms with E-state index in [4.69, 9.17) is 0 Å². The van der Waals surface area contributed by atoms with Crippen LogP contribution in [0.15, 0.2) is 60.9 Å². The van der Waals surface area contributed by atoms with Crippen LogP contribution in [-0.2, 0) is 9.59 Å². The monoisotopic (exact) mass is 398 g/mol. The Bertz CT molecular complexity index is 1010. The van der Waals surface area contributed by atoms with Crippen molar-refractivity contribution in [1.82, 2.24) is 9.97 Å². The molecule has 2 aliphatic heterocycles. The molecule has 30 heavy (non-hydrogen) atoms. The van der Waals surface area contributed by atoms with Crippen LogP contribution in [0.2, 0.25) is 0 Å². The molecule has 0 aliphatic carbocycles. The van der Waals surface area contributed by atoms with Gasteiger partial charge in [0, 0.05) is 49.5 Å². The highest BCUT2D eigenvalue weighted by molar-refractivity contribution is 6.05. The second-order valence-electron chi connectivity index (χ2n) is 7.61. The molecule has 150 valence electrons. The maximum atomic E-state index is 12.6. The summed E-state index contributed by atoms with van der Waals surface area (Å²) in [6, 6.07) is 15.5. The molecule has 6 nitrogen and oxygen atoms in total. The summed E-state index contributed by atoms with van der Waals surface area (Å²) in [5, 5.41) is 0. The summed E-state index contributed by atoms with van der Waals surface area (Å²) in [7, 11) is 0. The van der Waals surface area contributed by atoms with Crippen LogP contribution in [0.25, 0.3) is 22.5 Å². The van der Waals surface area contributed by atoms with Gasteiger partial charge in [0.05, 0.1) is 22.8 Å². The Labute approximate surface area is 175 Å². The number of pyridine rings is 2. The number of rotatable bonds is 4. The molecule has 2 aromatic heterocycles. The lowest BCUT2D eigenvalue weighted by Gasteiger charge is -2.26. The molecule has 2 amide bonds. The van der Waals surface area contributed by atoms with Crippen molar-refractivity contribution < 1.29 is 9.59 Å². The van der Waals surface area contributed by atoms with Crippen molar-refractivity contribution in [3.63, 3.8) is 0 Å². The van der Waals surface area contributed by atoms with E-state index in [1.54, 1.807) is 12.4 Å². The van der Waals surface area contributed by atoms with Crippen LogP contribution in [0, 0.1) is 0 Å². The topological polar surface area (TPSA) is 66.4 Å². The number of aromatic nitrogens is 2. The van der Waals surface area contributed by atoms with Gasteiger partial charge in [-0.3, -0.25) is 19.6 Å². The van der Waals surface area contributed by atoms with Crippen molar-refractivity contribution in [2.75, 3.05) is 22.9 Å². The van der Waals surface area contributed by atoms with E-state index < -0.39 is 0 Å². The highest BCUT2D eigenvalue weighted by Gasteiger charge is 2.30. The summed E-state index contributed by atoms with van der Waals surface area (Å²) >= 11 is 0. The molecule has 0 spiro atoms. The molecule has 0 N–H and O–H groups in total. The fourth-order valence-electron chi connectivity index (χ4n) is 4.28. The Morgan fingerprint density at radius 3 is 1.47 bits per heavy atom. The van der Waals surface area contributed by atoms with Gasteiger partial charge >= 0.3 is 0 Å². The lowest BCUT2D eigenvalue weighted by molar-refractivity contribution is -0.117. The molecule has 3 aromatic rings. The minimum absolute atomic E-state index is 0.115. The lowest BCUT2D eigenvalue weighted by Crippen LogP contribution is -2.27. The quantitative estimate of drug-likeness (QED) is 0.665. The van der Waals surface area contributed by atoms with Crippen molar-refractivity contribution in [2.45, 2.75) is 25.7 Å². The van der Waals surface area contributed by atoms with Crippen LogP contribution in [0.4, 0.5) is 11.4 Å². The summed E-state index contributed by atoms with van der Waals surface area (Å²) in [6.07, 6.45) is 6.27. The Balaban J connectivity index is 1.77. The number of anilines is 2. The predicted octanol–water partition coefficient (Wildman–Crippen LogP) is 4.06. The van der Waals surface area contributed by atoms with Crippen molar-refractivity contribution >= 4 is 23.2 Å². The molecule has 4 heterocycles. The van der Waals surface area contributed by atoms with Crippen molar-refractivity contribution in [2.24, 2.45) is 0 Å². The molecule has 0 saturated carbocycles. The first-order valence-corrected chi connectivity index (χ1v) is 10.3. The third-order valence-corrected chi connectivity index (χ3v) is 5.72. The fourth-order valence-corrected chi connectivity index (χ4v) is 4.28. The normalized spacial score (nSPS) is 16.5. The maximum Gasteiger partial charge on any atom is 0.227 e. The zero-order valence-corrected chi connectivity index (χ0v) is 16.6. The molecule has 2 aliphatic rings. The summed E-state index contributed by atoms with van der Waals surface area (Å²) in [5.74, 6) is 0.230. The zero-order valence-electron chi connectivity index (χ0n) is 16.6. The van der Waals surface area contributed by atoms with E-state index in [1.165, 1.54) is 0 Å². The number of hydrogen-bond donors (Lipinski definition) is 0. The molecule has 0 bridgehead atoms. The Hall–Kier alpha value is -3.54. The van der Waals surface area contributed by atoms with E-state index in [1.807, 2.05) is 58.3 Å². The standard InChI is InChI=1S/C24H22N4O2/c29-23-9-5-13-27(23)21-16-18(20-8-2-4-12-26-20)22(28-14-6-10-24(28)30)15-17(21)19-7-1-3-11-25-19/h1-4,7-8,11-12,15-16H,5-6,9-10,13-14H2.